The Kier molecular flexibility index (Phi) is 7.49. The van der Waals surface area contributed by atoms with Gasteiger partial charge in [-0.15, -0.1) is 0 Å². The number of hydrogen-bond donors (Lipinski definition) is 3. The Balaban J connectivity index is 2.11. The van der Waals surface area contributed by atoms with E-state index in [9.17, 15) is 9.50 Å². The van der Waals surface area contributed by atoms with Crippen LogP contribution in [0.3, 0.4) is 0 Å². The lowest BCUT2D eigenvalue weighted by Gasteiger charge is -2.15. The van der Waals surface area contributed by atoms with Gasteiger partial charge in [-0.1, -0.05) is 18.2 Å². The van der Waals surface area contributed by atoms with E-state index in [4.69, 9.17) is 10.5 Å². The highest BCUT2D eigenvalue weighted by Gasteiger charge is 2.07. The smallest absolute Gasteiger partial charge is 0.142 e. The molecule has 0 saturated carbocycles. The maximum atomic E-state index is 12.4. The first-order valence-electron chi connectivity index (χ1n) is 8.85. The second-order valence-electron chi connectivity index (χ2n) is 6.51. The van der Waals surface area contributed by atoms with Crippen LogP contribution >= 0.6 is 0 Å². The molecule has 0 spiro atoms. The van der Waals surface area contributed by atoms with Crippen molar-refractivity contribution in [2.45, 2.75) is 12.5 Å². The van der Waals surface area contributed by atoms with Crippen LogP contribution in [-0.2, 0) is 6.42 Å². The summed E-state index contributed by atoms with van der Waals surface area (Å²) < 4.78 is 17.8. The minimum atomic E-state index is -1.14. The molecule has 0 heterocycles. The quantitative estimate of drug-likeness (QED) is 0.588. The van der Waals surface area contributed by atoms with Crippen LogP contribution in [0.15, 0.2) is 42.5 Å². The molecule has 6 heteroatoms. The Labute approximate surface area is 160 Å². The van der Waals surface area contributed by atoms with Gasteiger partial charge in [-0.2, -0.15) is 0 Å². The van der Waals surface area contributed by atoms with Gasteiger partial charge in [-0.05, 0) is 47.9 Å². The fourth-order valence-corrected chi connectivity index (χ4v) is 2.58. The second-order valence-corrected chi connectivity index (χ2v) is 6.51. The predicted octanol–water partition coefficient (Wildman–Crippen LogP) is 3.34. The Hall–Kier alpha value is -2.73. The van der Waals surface area contributed by atoms with Crippen molar-refractivity contribution in [2.75, 3.05) is 50.4 Å². The van der Waals surface area contributed by atoms with Crippen LogP contribution in [0, 0.1) is 0 Å². The molecule has 1 unspecified atom stereocenters. The van der Waals surface area contributed by atoms with E-state index in [1.165, 1.54) is 0 Å². The molecule has 0 aromatic heterocycles. The standard InChI is InChI=1S/C21H28FN3O2/c1-24-20-10-8-17(25(2)3)12-16(20)6-4-5-15-7-9-19(23)21(11-15)27-14-18(26)13-22/h4,6-12,18,24,26H,5,13-14,23H2,1-3H3/b6-4-. The number of halogens is 1. The van der Waals surface area contributed by atoms with Crippen LogP contribution in [0.5, 0.6) is 5.75 Å². The van der Waals surface area contributed by atoms with E-state index < -0.39 is 12.8 Å². The maximum Gasteiger partial charge on any atom is 0.142 e. The Morgan fingerprint density at radius 2 is 2.04 bits per heavy atom. The lowest BCUT2D eigenvalue weighted by molar-refractivity contribution is 0.0845. The van der Waals surface area contributed by atoms with Crippen LogP contribution < -0.4 is 20.7 Å². The van der Waals surface area contributed by atoms with E-state index >= 15 is 0 Å². The van der Waals surface area contributed by atoms with Gasteiger partial charge >= 0.3 is 0 Å². The second kappa shape index (κ2) is 9.83. The first kappa shape index (κ1) is 20.6. The Morgan fingerprint density at radius 3 is 2.70 bits per heavy atom. The normalized spacial score (nSPS) is 12.2. The number of rotatable bonds is 9. The largest absolute Gasteiger partial charge is 0.489 e. The summed E-state index contributed by atoms with van der Waals surface area (Å²) in [5, 5.41) is 12.5. The average molecular weight is 373 g/mol. The molecule has 1 atom stereocenters. The average Bonchev–Trinajstić information content (AvgIpc) is 2.67. The fourth-order valence-electron chi connectivity index (χ4n) is 2.58. The molecule has 4 N–H and O–H groups in total. The molecule has 5 nitrogen and oxygen atoms in total. The van der Waals surface area contributed by atoms with Crippen LogP contribution in [0.4, 0.5) is 21.5 Å². The number of allylic oxidation sites excluding steroid dienone is 1. The Bertz CT molecular complexity index is 778. The summed E-state index contributed by atoms with van der Waals surface area (Å²) in [7, 11) is 5.92. The molecule has 2 aromatic rings. The maximum absolute atomic E-state index is 12.4. The third-order valence-corrected chi connectivity index (χ3v) is 4.16. The molecular weight excluding hydrogens is 345 g/mol. The van der Waals surface area contributed by atoms with Gasteiger partial charge in [-0.25, -0.2) is 4.39 Å². The molecule has 0 fully saturated rings. The van der Waals surface area contributed by atoms with Crippen molar-refractivity contribution < 1.29 is 14.2 Å². The van der Waals surface area contributed by atoms with Gasteiger partial charge in [0.05, 0.1) is 5.69 Å². The summed E-state index contributed by atoms with van der Waals surface area (Å²) in [6.07, 6.45) is 3.69. The molecule has 0 radical (unpaired) electrons. The zero-order chi connectivity index (χ0) is 19.8. The van der Waals surface area contributed by atoms with Gasteiger partial charge in [-0.3, -0.25) is 0 Å². The van der Waals surface area contributed by atoms with Gasteiger partial charge in [0.15, 0.2) is 0 Å². The third kappa shape index (κ3) is 5.89. The van der Waals surface area contributed by atoms with E-state index in [1.807, 2.05) is 33.3 Å². The highest BCUT2D eigenvalue weighted by atomic mass is 19.1. The molecule has 0 bridgehead atoms. The summed E-state index contributed by atoms with van der Waals surface area (Å²) in [5.41, 5.74) is 10.6. The predicted molar refractivity (Wildman–Crippen MR) is 111 cm³/mol. The molecule has 146 valence electrons. The topological polar surface area (TPSA) is 70.8 Å². The molecule has 2 aromatic carbocycles. The molecular formula is C21H28FN3O2. The highest BCUT2D eigenvalue weighted by molar-refractivity contribution is 5.71. The number of ether oxygens (including phenoxy) is 1. The first-order valence-corrected chi connectivity index (χ1v) is 8.85. The first-order chi connectivity index (χ1) is 12.9. The minimum absolute atomic E-state index is 0.122. The van der Waals surface area contributed by atoms with Crippen molar-refractivity contribution in [1.82, 2.24) is 0 Å². The number of nitrogen functional groups attached to an aromatic ring is 1. The van der Waals surface area contributed by atoms with Gasteiger partial charge in [0.1, 0.15) is 25.1 Å². The van der Waals surface area contributed by atoms with Crippen molar-refractivity contribution >= 4 is 23.1 Å². The number of aliphatic hydroxyl groups excluding tert-OH is 1. The number of nitrogens with one attached hydrogen (secondary N) is 1. The van der Waals surface area contributed by atoms with Crippen molar-refractivity contribution in [3.05, 3.63) is 53.6 Å². The van der Waals surface area contributed by atoms with Crippen molar-refractivity contribution in [3.8, 4) is 5.75 Å². The molecule has 2 rings (SSSR count). The SMILES string of the molecule is CNc1ccc(N(C)C)cc1/C=C\Cc1ccc(N)c(OCC(O)CF)c1. The molecule has 0 aliphatic carbocycles. The number of anilines is 3. The summed E-state index contributed by atoms with van der Waals surface area (Å²) in [6, 6.07) is 11.7. The van der Waals surface area contributed by atoms with E-state index in [0.717, 1.165) is 22.5 Å². The van der Waals surface area contributed by atoms with Gasteiger partial charge in [0, 0.05) is 32.5 Å². The zero-order valence-electron chi connectivity index (χ0n) is 16.1. The highest BCUT2D eigenvalue weighted by Crippen LogP contribution is 2.25. The number of nitrogens with two attached hydrogens (primary N) is 1. The molecule has 0 aliphatic rings. The van der Waals surface area contributed by atoms with E-state index in [0.29, 0.717) is 17.9 Å². The molecule has 0 amide bonds. The molecule has 0 saturated heterocycles. The lowest BCUT2D eigenvalue weighted by Crippen LogP contribution is -2.19. The molecule has 0 aliphatic heterocycles. The molecule has 27 heavy (non-hydrogen) atoms. The zero-order valence-corrected chi connectivity index (χ0v) is 16.1. The van der Waals surface area contributed by atoms with Gasteiger partial charge in [0.25, 0.3) is 0 Å². The van der Waals surface area contributed by atoms with Crippen LogP contribution in [0.2, 0.25) is 0 Å². The number of hydrogen-bond acceptors (Lipinski definition) is 5. The van der Waals surface area contributed by atoms with Crippen LogP contribution in [0.1, 0.15) is 11.1 Å². The van der Waals surface area contributed by atoms with Gasteiger partial charge < -0.3 is 25.8 Å². The van der Waals surface area contributed by atoms with Crippen LogP contribution in [0.25, 0.3) is 6.08 Å². The third-order valence-electron chi connectivity index (χ3n) is 4.16. The van der Waals surface area contributed by atoms with Crippen molar-refractivity contribution in [2.24, 2.45) is 0 Å². The van der Waals surface area contributed by atoms with Crippen molar-refractivity contribution in [1.29, 1.82) is 0 Å². The van der Waals surface area contributed by atoms with E-state index in [2.05, 4.69) is 40.6 Å². The van der Waals surface area contributed by atoms with Gasteiger partial charge in [0.2, 0.25) is 0 Å². The lowest BCUT2D eigenvalue weighted by atomic mass is 10.1. The number of alkyl halides is 1. The summed E-state index contributed by atoms with van der Waals surface area (Å²) in [4.78, 5) is 2.06. The van der Waals surface area contributed by atoms with E-state index in [1.54, 1.807) is 6.07 Å². The summed E-state index contributed by atoms with van der Waals surface area (Å²) in [5.74, 6) is 0.457. The van der Waals surface area contributed by atoms with E-state index in [-0.39, 0.29) is 6.61 Å². The fraction of sp³-hybridized carbons (Fsp3) is 0.333. The summed E-state index contributed by atoms with van der Waals surface area (Å²) >= 11 is 0. The summed E-state index contributed by atoms with van der Waals surface area (Å²) in [6.45, 7) is -0.967. The van der Waals surface area contributed by atoms with Crippen LogP contribution in [-0.4, -0.2) is 45.6 Å². The Morgan fingerprint density at radius 1 is 1.26 bits per heavy atom. The monoisotopic (exact) mass is 373 g/mol. The van der Waals surface area contributed by atoms with Crippen molar-refractivity contribution in [3.63, 3.8) is 0 Å². The number of aliphatic hydroxyl groups is 1. The number of nitrogens with zero attached hydrogens (tertiary/aromatic N) is 1. The minimum Gasteiger partial charge on any atom is -0.489 e. The number of benzene rings is 2.